The van der Waals surface area contributed by atoms with E-state index in [1.165, 1.54) is 12.5 Å². The Morgan fingerprint density at radius 3 is 1.72 bits per heavy atom. The van der Waals surface area contributed by atoms with Crippen LogP contribution in [0, 0.1) is 6.92 Å². The van der Waals surface area contributed by atoms with Gasteiger partial charge in [0.1, 0.15) is 5.78 Å². The minimum Gasteiger partial charge on any atom is -1.00 e. The molecule has 0 aromatic rings. The number of aliphatic hydroxyl groups is 1. The summed E-state index contributed by atoms with van der Waals surface area (Å²) in [5.74, 6) is 0.435. The van der Waals surface area contributed by atoms with Crippen molar-refractivity contribution < 1.29 is 22.3 Å². The van der Waals surface area contributed by atoms with Crippen molar-refractivity contribution in [2.75, 3.05) is 0 Å². The molecule has 0 radical (unpaired) electrons. The molecule has 2 nitrogen and oxygen atoms in total. The summed E-state index contributed by atoms with van der Waals surface area (Å²) >= 11 is 0. The molecular formula is C14H23ClMgO2. The Morgan fingerprint density at radius 1 is 1.28 bits per heavy atom. The van der Waals surface area contributed by atoms with Gasteiger partial charge >= 0.3 is 23.1 Å². The number of halogens is 1. The second kappa shape index (κ2) is 13.5. The Labute approximate surface area is 133 Å². The Morgan fingerprint density at radius 2 is 1.67 bits per heavy atom. The number of hydrogen-bond acceptors (Lipinski definition) is 2. The minimum atomic E-state index is -0.345. The monoisotopic (exact) mass is 282 g/mol. The van der Waals surface area contributed by atoms with Crippen molar-refractivity contribution in [1.29, 1.82) is 0 Å². The van der Waals surface area contributed by atoms with Crippen molar-refractivity contribution in [2.45, 2.75) is 50.5 Å². The minimum absolute atomic E-state index is 0. The van der Waals surface area contributed by atoms with Crippen molar-refractivity contribution in [3.63, 3.8) is 0 Å². The van der Waals surface area contributed by atoms with Gasteiger partial charge in [-0.15, -0.1) is 6.58 Å². The van der Waals surface area contributed by atoms with Crippen molar-refractivity contribution >= 4 is 28.8 Å². The van der Waals surface area contributed by atoms with E-state index in [-0.39, 0.29) is 41.1 Å². The summed E-state index contributed by atoms with van der Waals surface area (Å²) in [6, 6.07) is 0. The maximum atomic E-state index is 9.90. The van der Waals surface area contributed by atoms with Crippen LogP contribution >= 0.6 is 0 Å². The van der Waals surface area contributed by atoms with Gasteiger partial charge in [-0.25, -0.2) is 19.6 Å². The maximum absolute atomic E-state index is 9.90. The summed E-state index contributed by atoms with van der Waals surface area (Å²) in [5, 5.41) is 9.34. The summed E-state index contributed by atoms with van der Waals surface area (Å²) in [5.41, 5.74) is -0.345. The number of rotatable bonds is 2. The third-order valence-electron chi connectivity index (χ3n) is 2.72. The number of hydrogen-bond donors (Lipinski definition) is 1. The van der Waals surface area contributed by atoms with Gasteiger partial charge in [-0.2, -0.15) is 0 Å². The number of ketones is 1. The average molecular weight is 283 g/mol. The van der Waals surface area contributed by atoms with Gasteiger partial charge in [0.15, 0.2) is 0 Å². The summed E-state index contributed by atoms with van der Waals surface area (Å²) in [6.07, 6.45) is 10.0. The molecular weight excluding hydrogens is 260 g/mol. The largest absolute Gasteiger partial charge is 2.00 e. The molecule has 0 unspecified atom stereocenters. The van der Waals surface area contributed by atoms with Crippen LogP contribution in [0.25, 0.3) is 0 Å². The molecule has 0 atom stereocenters. The van der Waals surface area contributed by atoms with E-state index in [0.717, 1.165) is 38.5 Å². The number of allylic oxidation sites excluding steroid dienone is 1. The van der Waals surface area contributed by atoms with Crippen molar-refractivity contribution in [3.05, 3.63) is 32.2 Å². The molecule has 100 valence electrons. The van der Waals surface area contributed by atoms with Gasteiger partial charge in [-0.1, -0.05) is 6.08 Å². The molecule has 18 heavy (non-hydrogen) atoms. The summed E-state index contributed by atoms with van der Waals surface area (Å²) in [7, 11) is 0. The van der Waals surface area contributed by atoms with Crippen molar-refractivity contribution in [3.8, 4) is 0 Å². The van der Waals surface area contributed by atoms with Crippen LogP contribution in [-0.4, -0.2) is 39.5 Å². The zero-order chi connectivity index (χ0) is 12.4. The van der Waals surface area contributed by atoms with Crippen LogP contribution < -0.4 is 12.4 Å². The molecule has 1 N–H and O–H groups in total. The predicted octanol–water partition coefficient (Wildman–Crippen LogP) is -0.153. The molecule has 0 aliphatic heterocycles. The Balaban J connectivity index is -0.000000198. The van der Waals surface area contributed by atoms with Gasteiger partial charge in [0, 0.05) is 12.8 Å². The molecule has 0 aromatic heterocycles. The number of carbonyl (C=O) groups excluding carboxylic acids is 1. The van der Waals surface area contributed by atoms with Crippen molar-refractivity contribution in [2.24, 2.45) is 0 Å². The average Bonchev–Trinajstić information content (AvgIpc) is 2.15. The molecule has 2 aliphatic carbocycles. The zero-order valence-corrected chi connectivity index (χ0v) is 13.3. The first kappa shape index (κ1) is 23.2. The fraction of sp³-hybridized carbons (Fsp3) is 0.571. The van der Waals surface area contributed by atoms with Crippen LogP contribution in [0.3, 0.4) is 0 Å². The van der Waals surface area contributed by atoms with E-state index in [2.05, 4.69) is 20.1 Å². The fourth-order valence-corrected chi connectivity index (χ4v) is 1.38. The molecule has 0 aromatic carbocycles. The molecule has 2 aliphatic rings. The second-order valence-electron chi connectivity index (χ2n) is 4.25. The summed E-state index contributed by atoms with van der Waals surface area (Å²) < 4.78 is 0. The molecule has 2 rings (SSSR count). The summed E-state index contributed by atoms with van der Waals surface area (Å²) in [6.45, 7) is 10.1. The predicted molar refractivity (Wildman–Crippen MR) is 73.8 cm³/mol. The quantitative estimate of drug-likeness (QED) is 0.435. The molecule has 2 fully saturated rings. The van der Waals surface area contributed by atoms with E-state index in [0.29, 0.717) is 5.78 Å². The molecule has 0 spiro atoms. The Kier molecular flexibility index (Phi) is 17.3. The van der Waals surface area contributed by atoms with Gasteiger partial charge in [0.25, 0.3) is 0 Å². The molecule has 4 heteroatoms. The van der Waals surface area contributed by atoms with Crippen LogP contribution in [0.15, 0.2) is 25.3 Å². The van der Waals surface area contributed by atoms with E-state index < -0.39 is 0 Å². The topological polar surface area (TPSA) is 37.3 Å². The Hall–Kier alpha value is 0.0362. The number of carbonyl (C=O) groups is 1. The molecule has 2 saturated carbocycles. The normalized spacial score (nSPS) is 17.5. The number of Topliss-reactive ketones (excluding diaryl/α,β-unsaturated/α-hetero) is 1. The second-order valence-corrected chi connectivity index (χ2v) is 4.25. The van der Waals surface area contributed by atoms with Gasteiger partial charge in [-0.3, -0.25) is 4.79 Å². The first-order valence-corrected chi connectivity index (χ1v) is 5.83. The smallest absolute Gasteiger partial charge is 1.00 e. The zero-order valence-electron chi connectivity index (χ0n) is 11.2. The van der Waals surface area contributed by atoms with Gasteiger partial charge in [-0.05, 0) is 32.1 Å². The SMILES string of the molecule is C=CCC1(O)CCC1.C=C[CH2-].O=C1CCC1.[Cl-].[Mg+2]. The van der Waals surface area contributed by atoms with Gasteiger partial charge in [0.2, 0.25) is 0 Å². The maximum Gasteiger partial charge on any atom is 2.00 e. The molecule has 0 heterocycles. The standard InChI is InChI=1S/C7H12O.C4H6O.C3H5.ClH.Mg/c1-2-4-7(8)5-3-6-7;5-4-2-1-3-4;1-3-2;;/h2,8H,1,3-6H2;1-3H2;3H,1-2H2;1H;/q;;-1;;+2/p-1. The first-order chi connectivity index (χ1) is 7.58. The van der Waals surface area contributed by atoms with Gasteiger partial charge in [0.05, 0.1) is 5.60 Å². The van der Waals surface area contributed by atoms with E-state index in [1.807, 2.05) is 0 Å². The van der Waals surface area contributed by atoms with Crippen molar-refractivity contribution in [1.82, 2.24) is 0 Å². The molecule has 0 amide bonds. The third kappa shape index (κ3) is 11.1. The fourth-order valence-electron chi connectivity index (χ4n) is 1.38. The molecule has 0 saturated heterocycles. The van der Waals surface area contributed by atoms with E-state index in [9.17, 15) is 9.90 Å². The van der Waals surface area contributed by atoms with Crippen LogP contribution in [0.1, 0.15) is 44.9 Å². The van der Waals surface area contributed by atoms with Gasteiger partial charge < -0.3 is 17.5 Å². The van der Waals surface area contributed by atoms with E-state index >= 15 is 0 Å². The summed E-state index contributed by atoms with van der Waals surface area (Å²) in [4.78, 5) is 9.90. The van der Waals surface area contributed by atoms with Crippen LogP contribution in [0.5, 0.6) is 0 Å². The van der Waals surface area contributed by atoms with Crippen LogP contribution in [0.2, 0.25) is 0 Å². The van der Waals surface area contributed by atoms with Crippen LogP contribution in [-0.2, 0) is 4.79 Å². The van der Waals surface area contributed by atoms with Crippen LogP contribution in [0.4, 0.5) is 0 Å². The first-order valence-electron chi connectivity index (χ1n) is 5.83. The van der Waals surface area contributed by atoms with E-state index in [1.54, 1.807) is 6.08 Å². The van der Waals surface area contributed by atoms with E-state index in [4.69, 9.17) is 0 Å². The third-order valence-corrected chi connectivity index (χ3v) is 2.72. The molecule has 0 bridgehead atoms. The Bertz CT molecular complexity index is 232.